The molecule has 0 saturated carbocycles. The number of hydrogen-bond donors (Lipinski definition) is 1. The van der Waals surface area contributed by atoms with Crippen molar-refractivity contribution < 1.29 is 4.79 Å². The maximum absolute atomic E-state index is 13.1. The first-order chi connectivity index (χ1) is 15.5. The average molecular weight is 499 g/mol. The zero-order chi connectivity index (χ0) is 22.5. The number of nitrogens with one attached hydrogen (secondary N) is 1. The molecule has 0 aliphatic carbocycles. The van der Waals surface area contributed by atoms with Crippen molar-refractivity contribution in [1.82, 2.24) is 15.0 Å². The van der Waals surface area contributed by atoms with E-state index in [1.165, 1.54) is 40.4 Å². The SMILES string of the molecule is Cc1ccc(Sc2cnc(SCc3ccccc3Cl)nc2C(=O)Nc2ncc(C)s2)cc1. The molecule has 0 radical (unpaired) electrons. The normalized spacial score (nSPS) is 10.8. The zero-order valence-electron chi connectivity index (χ0n) is 17.3. The van der Waals surface area contributed by atoms with E-state index in [1.807, 2.05) is 62.4 Å². The zero-order valence-corrected chi connectivity index (χ0v) is 20.5. The Bertz CT molecular complexity index is 1240. The van der Waals surface area contributed by atoms with Crippen LogP contribution in [0.25, 0.3) is 0 Å². The molecule has 1 N–H and O–H groups in total. The minimum absolute atomic E-state index is 0.309. The number of anilines is 1. The topological polar surface area (TPSA) is 67.8 Å². The van der Waals surface area contributed by atoms with Crippen molar-refractivity contribution in [2.24, 2.45) is 0 Å². The summed E-state index contributed by atoms with van der Waals surface area (Å²) in [4.78, 5) is 29.1. The Morgan fingerprint density at radius 2 is 1.84 bits per heavy atom. The van der Waals surface area contributed by atoms with Gasteiger partial charge in [-0.1, -0.05) is 71.0 Å². The van der Waals surface area contributed by atoms with Crippen LogP contribution in [0.15, 0.2) is 75.9 Å². The van der Waals surface area contributed by atoms with Crippen LogP contribution in [-0.4, -0.2) is 20.9 Å². The lowest BCUT2D eigenvalue weighted by molar-refractivity contribution is 0.101. The summed E-state index contributed by atoms with van der Waals surface area (Å²) in [5, 5.41) is 4.61. The number of benzene rings is 2. The number of carbonyl (C=O) groups excluding carboxylic acids is 1. The second kappa shape index (κ2) is 10.5. The van der Waals surface area contributed by atoms with Gasteiger partial charge >= 0.3 is 0 Å². The molecule has 0 atom stereocenters. The second-order valence-electron chi connectivity index (χ2n) is 6.89. The van der Waals surface area contributed by atoms with Gasteiger partial charge < -0.3 is 0 Å². The Balaban J connectivity index is 1.60. The summed E-state index contributed by atoms with van der Waals surface area (Å²) < 4.78 is 0. The monoisotopic (exact) mass is 498 g/mol. The highest BCUT2D eigenvalue weighted by Gasteiger charge is 2.18. The van der Waals surface area contributed by atoms with Crippen LogP contribution < -0.4 is 5.32 Å². The van der Waals surface area contributed by atoms with Crippen LogP contribution in [0.3, 0.4) is 0 Å². The van der Waals surface area contributed by atoms with Gasteiger partial charge in [-0.05, 0) is 37.6 Å². The summed E-state index contributed by atoms with van der Waals surface area (Å²) in [6.07, 6.45) is 3.43. The van der Waals surface area contributed by atoms with E-state index in [9.17, 15) is 4.79 Å². The quantitative estimate of drug-likeness (QED) is 0.221. The first kappa shape index (κ1) is 22.8. The van der Waals surface area contributed by atoms with E-state index in [-0.39, 0.29) is 5.91 Å². The summed E-state index contributed by atoms with van der Waals surface area (Å²) >= 11 is 10.6. The van der Waals surface area contributed by atoms with Crippen LogP contribution in [0.5, 0.6) is 0 Å². The summed E-state index contributed by atoms with van der Waals surface area (Å²) in [6, 6.07) is 15.8. The number of hydrogen-bond acceptors (Lipinski definition) is 7. The Kier molecular flexibility index (Phi) is 7.47. The Morgan fingerprint density at radius 3 is 2.56 bits per heavy atom. The van der Waals surface area contributed by atoms with Gasteiger partial charge in [0.15, 0.2) is 10.3 Å². The van der Waals surface area contributed by atoms with Crippen LogP contribution in [0, 0.1) is 13.8 Å². The van der Waals surface area contributed by atoms with E-state index in [1.54, 1.807) is 12.4 Å². The maximum atomic E-state index is 13.1. The molecule has 0 unspecified atom stereocenters. The molecule has 0 fully saturated rings. The Morgan fingerprint density at radius 1 is 1.06 bits per heavy atom. The van der Waals surface area contributed by atoms with E-state index in [0.717, 1.165) is 15.3 Å². The number of carbonyl (C=O) groups is 1. The molecule has 5 nitrogen and oxygen atoms in total. The molecule has 0 spiro atoms. The van der Waals surface area contributed by atoms with Crippen molar-refractivity contribution in [3.63, 3.8) is 0 Å². The van der Waals surface area contributed by atoms with Crippen molar-refractivity contribution >= 4 is 57.5 Å². The third kappa shape index (κ3) is 5.89. The van der Waals surface area contributed by atoms with Gasteiger partial charge in [0.05, 0.1) is 4.90 Å². The van der Waals surface area contributed by atoms with Gasteiger partial charge in [-0.3, -0.25) is 10.1 Å². The van der Waals surface area contributed by atoms with Gasteiger partial charge in [-0.2, -0.15) is 0 Å². The Labute approximate surface area is 204 Å². The molecule has 32 heavy (non-hydrogen) atoms. The predicted octanol–water partition coefficient (Wildman–Crippen LogP) is 6.90. The average Bonchev–Trinajstić information content (AvgIpc) is 3.20. The first-order valence-corrected chi connectivity index (χ1v) is 12.7. The van der Waals surface area contributed by atoms with Gasteiger partial charge in [-0.25, -0.2) is 15.0 Å². The lowest BCUT2D eigenvalue weighted by Crippen LogP contribution is -2.15. The lowest BCUT2D eigenvalue weighted by atomic mass is 10.2. The van der Waals surface area contributed by atoms with Crippen molar-refractivity contribution in [1.29, 1.82) is 0 Å². The van der Waals surface area contributed by atoms with E-state index >= 15 is 0 Å². The molecule has 2 heterocycles. The smallest absolute Gasteiger partial charge is 0.277 e. The highest BCUT2D eigenvalue weighted by Crippen LogP contribution is 2.32. The van der Waals surface area contributed by atoms with E-state index in [0.29, 0.717) is 31.7 Å². The number of thiazole rings is 1. The molecule has 4 rings (SSSR count). The number of aromatic nitrogens is 3. The number of nitrogens with zero attached hydrogens (tertiary/aromatic N) is 3. The molecule has 9 heteroatoms. The van der Waals surface area contributed by atoms with E-state index in [2.05, 4.69) is 20.3 Å². The molecule has 162 valence electrons. The van der Waals surface area contributed by atoms with Crippen LogP contribution in [-0.2, 0) is 5.75 Å². The van der Waals surface area contributed by atoms with Gasteiger partial charge in [0.25, 0.3) is 5.91 Å². The molecule has 0 saturated heterocycles. The molecule has 1 amide bonds. The summed E-state index contributed by atoms with van der Waals surface area (Å²) in [6.45, 7) is 3.98. The third-order valence-electron chi connectivity index (χ3n) is 4.35. The van der Waals surface area contributed by atoms with Crippen molar-refractivity contribution in [2.45, 2.75) is 34.5 Å². The maximum Gasteiger partial charge on any atom is 0.277 e. The molecule has 0 bridgehead atoms. The van der Waals surface area contributed by atoms with Gasteiger partial charge in [0, 0.05) is 32.9 Å². The van der Waals surface area contributed by atoms with E-state index in [4.69, 9.17) is 11.6 Å². The van der Waals surface area contributed by atoms with Gasteiger partial charge in [0.2, 0.25) is 0 Å². The van der Waals surface area contributed by atoms with Crippen molar-refractivity contribution in [2.75, 3.05) is 5.32 Å². The van der Waals surface area contributed by atoms with Gasteiger partial charge in [0.1, 0.15) is 5.69 Å². The summed E-state index contributed by atoms with van der Waals surface area (Å²) in [7, 11) is 0. The number of amides is 1. The summed E-state index contributed by atoms with van der Waals surface area (Å²) in [5.74, 6) is 0.299. The van der Waals surface area contributed by atoms with Crippen molar-refractivity contribution in [3.8, 4) is 0 Å². The first-order valence-electron chi connectivity index (χ1n) is 9.69. The number of rotatable bonds is 7. The minimum atomic E-state index is -0.309. The van der Waals surface area contributed by atoms with Crippen LogP contribution >= 0.6 is 46.5 Å². The number of halogens is 1. The van der Waals surface area contributed by atoms with Crippen LogP contribution in [0.1, 0.15) is 26.5 Å². The molecule has 2 aromatic heterocycles. The van der Waals surface area contributed by atoms with Crippen LogP contribution in [0.4, 0.5) is 5.13 Å². The van der Waals surface area contributed by atoms with Crippen molar-refractivity contribution in [3.05, 3.63) is 87.6 Å². The minimum Gasteiger partial charge on any atom is -0.296 e. The lowest BCUT2D eigenvalue weighted by Gasteiger charge is -2.10. The fourth-order valence-corrected chi connectivity index (χ4v) is 5.35. The molecule has 2 aromatic carbocycles. The molecule has 0 aliphatic rings. The Hall–Kier alpha value is -2.39. The third-order valence-corrected chi connectivity index (χ3v) is 7.49. The molecular weight excluding hydrogens is 480 g/mol. The second-order valence-corrected chi connectivity index (χ2v) is 10.6. The fraction of sp³-hybridized carbons (Fsp3) is 0.130. The van der Waals surface area contributed by atoms with E-state index < -0.39 is 0 Å². The largest absolute Gasteiger partial charge is 0.296 e. The van der Waals surface area contributed by atoms with Crippen LogP contribution in [0.2, 0.25) is 5.02 Å². The number of aryl methyl sites for hydroxylation is 2. The standard InChI is InChI=1S/C23H19ClN4OS3/c1-14-7-9-17(10-8-14)32-19-12-26-22(30-13-16-5-3-4-6-18(16)24)27-20(19)21(29)28-23-25-11-15(2)31-23/h3-12H,13H2,1-2H3,(H,25,28,29). The molecule has 4 aromatic rings. The molecular formula is C23H19ClN4OS3. The highest BCUT2D eigenvalue weighted by molar-refractivity contribution is 7.99. The number of thioether (sulfide) groups is 1. The highest BCUT2D eigenvalue weighted by atomic mass is 35.5. The molecule has 0 aliphatic heterocycles. The van der Waals surface area contributed by atoms with Gasteiger partial charge in [-0.15, -0.1) is 11.3 Å². The summed E-state index contributed by atoms with van der Waals surface area (Å²) in [5.41, 5.74) is 2.49. The fourth-order valence-electron chi connectivity index (χ4n) is 2.72. The predicted molar refractivity (Wildman–Crippen MR) is 133 cm³/mol.